The number of pyridine rings is 1. The highest BCUT2D eigenvalue weighted by Crippen LogP contribution is 2.19. The summed E-state index contributed by atoms with van der Waals surface area (Å²) in [5.74, 6) is 0.658. The number of amides is 1. The van der Waals surface area contributed by atoms with Gasteiger partial charge in [-0.3, -0.25) is 14.9 Å². The Bertz CT molecular complexity index is 1030. The normalized spacial score (nSPS) is 10.5. The molecule has 0 radical (unpaired) electrons. The number of ether oxygens (including phenoxy) is 2. The SMILES string of the molecule is COc1ccc(COc2c(C)n(CC(=O)Nc3nnc(S)s3)ccc2=O)cc1. The van der Waals surface area contributed by atoms with Gasteiger partial charge in [-0.2, -0.15) is 0 Å². The van der Waals surface area contributed by atoms with Gasteiger partial charge in [0.1, 0.15) is 18.9 Å². The van der Waals surface area contributed by atoms with Crippen LogP contribution in [0.5, 0.6) is 11.5 Å². The van der Waals surface area contributed by atoms with E-state index in [1.54, 1.807) is 24.8 Å². The van der Waals surface area contributed by atoms with E-state index in [-0.39, 0.29) is 30.2 Å². The van der Waals surface area contributed by atoms with E-state index in [1.165, 1.54) is 6.07 Å². The van der Waals surface area contributed by atoms with Crippen LogP contribution in [0.1, 0.15) is 11.3 Å². The van der Waals surface area contributed by atoms with Crippen molar-refractivity contribution in [1.82, 2.24) is 14.8 Å². The van der Waals surface area contributed by atoms with Crippen molar-refractivity contribution >= 4 is 35.0 Å². The van der Waals surface area contributed by atoms with E-state index < -0.39 is 0 Å². The average molecular weight is 419 g/mol. The summed E-state index contributed by atoms with van der Waals surface area (Å²) in [4.78, 5) is 24.4. The average Bonchev–Trinajstić information content (AvgIpc) is 3.09. The predicted molar refractivity (Wildman–Crippen MR) is 109 cm³/mol. The molecule has 0 saturated carbocycles. The molecule has 2 heterocycles. The van der Waals surface area contributed by atoms with Gasteiger partial charge in [-0.1, -0.05) is 23.5 Å². The number of thiol groups is 1. The summed E-state index contributed by atoms with van der Waals surface area (Å²) >= 11 is 5.22. The van der Waals surface area contributed by atoms with Crippen molar-refractivity contribution in [1.29, 1.82) is 0 Å². The topological polar surface area (TPSA) is 95.3 Å². The van der Waals surface area contributed by atoms with Gasteiger partial charge < -0.3 is 14.0 Å². The summed E-state index contributed by atoms with van der Waals surface area (Å²) in [5.41, 5.74) is 1.21. The molecule has 0 bridgehead atoms. The molecule has 1 amide bonds. The fourth-order valence-electron chi connectivity index (χ4n) is 2.46. The lowest BCUT2D eigenvalue weighted by molar-refractivity contribution is -0.116. The predicted octanol–water partition coefficient (Wildman–Crippen LogP) is 2.52. The van der Waals surface area contributed by atoms with Gasteiger partial charge in [0.2, 0.25) is 16.5 Å². The number of carbonyl (C=O) groups is 1. The first-order valence-electron chi connectivity index (χ1n) is 8.24. The molecular weight excluding hydrogens is 400 g/mol. The molecular formula is C18H18N4O4S2. The third kappa shape index (κ3) is 4.90. The third-order valence-electron chi connectivity index (χ3n) is 3.91. The molecule has 0 atom stereocenters. The molecule has 0 aliphatic carbocycles. The summed E-state index contributed by atoms with van der Waals surface area (Å²) in [6, 6.07) is 8.74. The molecule has 8 nitrogen and oxygen atoms in total. The lowest BCUT2D eigenvalue weighted by atomic mass is 10.2. The van der Waals surface area contributed by atoms with Crippen LogP contribution in [0.25, 0.3) is 0 Å². The van der Waals surface area contributed by atoms with Crippen LogP contribution in [-0.2, 0) is 17.9 Å². The van der Waals surface area contributed by atoms with Crippen LogP contribution in [0.15, 0.2) is 45.7 Å². The van der Waals surface area contributed by atoms with Crippen LogP contribution >= 0.6 is 24.0 Å². The number of anilines is 1. The summed E-state index contributed by atoms with van der Waals surface area (Å²) < 4.78 is 13.0. The third-order valence-corrected chi connectivity index (χ3v) is 4.91. The Morgan fingerprint density at radius 3 is 2.64 bits per heavy atom. The number of methoxy groups -OCH3 is 1. The van der Waals surface area contributed by atoms with Gasteiger partial charge >= 0.3 is 0 Å². The van der Waals surface area contributed by atoms with Gasteiger partial charge in [-0.25, -0.2) is 0 Å². The lowest BCUT2D eigenvalue weighted by Gasteiger charge is -2.14. The fourth-order valence-corrected chi connectivity index (χ4v) is 3.26. The highest BCUT2D eigenvalue weighted by molar-refractivity contribution is 7.82. The molecule has 146 valence electrons. The number of rotatable bonds is 7. The summed E-state index contributed by atoms with van der Waals surface area (Å²) in [6.07, 6.45) is 1.56. The molecule has 3 aromatic rings. The van der Waals surface area contributed by atoms with Crippen LogP contribution in [0.3, 0.4) is 0 Å². The van der Waals surface area contributed by atoms with Gasteiger partial charge in [0.15, 0.2) is 10.1 Å². The van der Waals surface area contributed by atoms with E-state index in [9.17, 15) is 9.59 Å². The number of hydrogen-bond acceptors (Lipinski definition) is 8. The minimum atomic E-state index is -0.294. The molecule has 10 heteroatoms. The van der Waals surface area contributed by atoms with Crippen LogP contribution in [0, 0.1) is 6.92 Å². The van der Waals surface area contributed by atoms with Crippen molar-refractivity contribution < 1.29 is 14.3 Å². The largest absolute Gasteiger partial charge is 0.497 e. The first kappa shape index (κ1) is 19.9. The van der Waals surface area contributed by atoms with Crippen molar-refractivity contribution in [3.8, 4) is 11.5 Å². The Labute approximate surface area is 170 Å². The van der Waals surface area contributed by atoms with E-state index in [1.807, 2.05) is 24.3 Å². The molecule has 28 heavy (non-hydrogen) atoms. The molecule has 0 saturated heterocycles. The smallest absolute Gasteiger partial charge is 0.246 e. The van der Waals surface area contributed by atoms with Gasteiger partial charge in [-0.05, 0) is 24.6 Å². The van der Waals surface area contributed by atoms with E-state index in [2.05, 4.69) is 28.1 Å². The summed E-state index contributed by atoms with van der Waals surface area (Å²) in [5, 5.41) is 10.5. The Kier molecular flexibility index (Phi) is 6.32. The number of nitrogens with zero attached hydrogens (tertiary/aromatic N) is 3. The Balaban J connectivity index is 1.70. The van der Waals surface area contributed by atoms with E-state index in [4.69, 9.17) is 9.47 Å². The second kappa shape index (κ2) is 8.89. The summed E-state index contributed by atoms with van der Waals surface area (Å²) in [7, 11) is 1.60. The Hall–Kier alpha value is -2.85. The van der Waals surface area contributed by atoms with Crippen molar-refractivity contribution in [3.05, 3.63) is 58.0 Å². The quantitative estimate of drug-likeness (QED) is 0.452. The number of nitrogens with one attached hydrogen (secondary N) is 1. The maximum Gasteiger partial charge on any atom is 0.246 e. The number of hydrogen-bond donors (Lipinski definition) is 2. The minimum Gasteiger partial charge on any atom is -0.497 e. The second-order valence-corrected chi connectivity index (χ2v) is 7.50. The van der Waals surface area contributed by atoms with Crippen molar-refractivity contribution in [2.45, 2.75) is 24.4 Å². The molecule has 2 aromatic heterocycles. The molecule has 1 N–H and O–H groups in total. The maximum atomic E-state index is 12.2. The standard InChI is InChI=1S/C18H18N4O4S2/c1-11-16(26-10-12-3-5-13(25-2)6-4-12)14(23)7-8-22(11)9-15(24)19-17-20-21-18(27)28-17/h3-8H,9-10H2,1-2H3,(H,21,27)(H,19,20,24). The zero-order chi connectivity index (χ0) is 20.1. The number of carbonyl (C=O) groups excluding carboxylic acids is 1. The second-order valence-electron chi connectivity index (χ2n) is 5.80. The van der Waals surface area contributed by atoms with Crippen molar-refractivity contribution in [2.24, 2.45) is 0 Å². The maximum absolute atomic E-state index is 12.2. The van der Waals surface area contributed by atoms with Crippen molar-refractivity contribution in [3.63, 3.8) is 0 Å². The van der Waals surface area contributed by atoms with Crippen LogP contribution < -0.4 is 20.2 Å². The lowest BCUT2D eigenvalue weighted by Crippen LogP contribution is -2.22. The van der Waals surface area contributed by atoms with Crippen LogP contribution in [0.4, 0.5) is 5.13 Å². The highest BCUT2D eigenvalue weighted by atomic mass is 32.2. The van der Waals surface area contributed by atoms with Gasteiger partial charge in [0, 0.05) is 12.3 Å². The molecule has 0 aliphatic heterocycles. The molecule has 0 unspecified atom stereocenters. The van der Waals surface area contributed by atoms with E-state index in [0.717, 1.165) is 22.6 Å². The Morgan fingerprint density at radius 1 is 1.25 bits per heavy atom. The van der Waals surface area contributed by atoms with E-state index >= 15 is 0 Å². The number of aromatic nitrogens is 3. The molecule has 1 aromatic carbocycles. The monoisotopic (exact) mass is 418 g/mol. The molecule has 3 rings (SSSR count). The van der Waals surface area contributed by atoms with Crippen molar-refractivity contribution in [2.75, 3.05) is 12.4 Å². The fraction of sp³-hybridized carbons (Fsp3) is 0.222. The number of benzene rings is 1. The zero-order valence-corrected chi connectivity index (χ0v) is 16.9. The molecule has 0 aliphatic rings. The van der Waals surface area contributed by atoms with Crippen LogP contribution in [0.2, 0.25) is 0 Å². The Morgan fingerprint density at radius 2 is 2.00 bits per heavy atom. The van der Waals surface area contributed by atoms with E-state index in [0.29, 0.717) is 15.2 Å². The minimum absolute atomic E-state index is 0.00644. The zero-order valence-electron chi connectivity index (χ0n) is 15.2. The van der Waals surface area contributed by atoms with Gasteiger partial charge in [0.05, 0.1) is 12.8 Å². The first-order valence-corrected chi connectivity index (χ1v) is 9.50. The summed E-state index contributed by atoms with van der Waals surface area (Å²) in [6.45, 7) is 1.97. The van der Waals surface area contributed by atoms with Gasteiger partial charge in [0.25, 0.3) is 0 Å². The molecule has 0 fully saturated rings. The molecule has 0 spiro atoms. The van der Waals surface area contributed by atoms with Gasteiger partial charge in [-0.15, -0.1) is 22.8 Å². The van der Waals surface area contributed by atoms with Crippen LogP contribution in [-0.4, -0.2) is 27.8 Å². The highest BCUT2D eigenvalue weighted by Gasteiger charge is 2.13. The first-order chi connectivity index (χ1) is 13.5.